The van der Waals surface area contributed by atoms with E-state index in [0.29, 0.717) is 6.54 Å². The SMILES string of the molecule is CC(C)(C(=O)NCCC1=CCCCC1)C(=O)Nc1ccccc1C(F)(F)F. The molecular weight excluding hydrogens is 357 g/mol. The Labute approximate surface area is 157 Å². The maximum atomic E-state index is 13.1. The molecule has 0 saturated heterocycles. The van der Waals surface area contributed by atoms with Gasteiger partial charge >= 0.3 is 6.18 Å². The number of carbonyl (C=O) groups excluding carboxylic acids is 2. The molecule has 0 aliphatic heterocycles. The van der Waals surface area contributed by atoms with Crippen molar-refractivity contribution in [3.63, 3.8) is 0 Å². The summed E-state index contributed by atoms with van der Waals surface area (Å²) >= 11 is 0. The highest BCUT2D eigenvalue weighted by Gasteiger charge is 2.38. The number of halogens is 3. The Balaban J connectivity index is 1.98. The summed E-state index contributed by atoms with van der Waals surface area (Å²) in [6, 6.07) is 4.71. The molecule has 27 heavy (non-hydrogen) atoms. The molecule has 1 aliphatic rings. The molecule has 0 fully saturated rings. The molecule has 0 spiro atoms. The number of hydrogen-bond donors (Lipinski definition) is 2. The molecule has 2 N–H and O–H groups in total. The molecule has 1 aromatic carbocycles. The Bertz CT molecular complexity index is 724. The largest absolute Gasteiger partial charge is 0.418 e. The predicted molar refractivity (Wildman–Crippen MR) is 98.0 cm³/mol. The number of amides is 2. The minimum atomic E-state index is -4.59. The molecule has 1 aliphatic carbocycles. The third-order valence-electron chi connectivity index (χ3n) is 4.73. The molecule has 0 aromatic heterocycles. The van der Waals surface area contributed by atoms with Crippen molar-refractivity contribution in [3.05, 3.63) is 41.5 Å². The Hall–Kier alpha value is -2.31. The molecule has 2 amide bonds. The zero-order valence-corrected chi connectivity index (χ0v) is 15.6. The third kappa shape index (κ3) is 5.58. The van der Waals surface area contributed by atoms with Gasteiger partial charge in [-0.2, -0.15) is 13.2 Å². The second-order valence-electron chi connectivity index (χ2n) is 7.24. The molecule has 0 saturated carbocycles. The van der Waals surface area contributed by atoms with Crippen LogP contribution in [0.1, 0.15) is 51.5 Å². The number of anilines is 1. The van der Waals surface area contributed by atoms with Crippen LogP contribution in [-0.2, 0) is 15.8 Å². The zero-order valence-electron chi connectivity index (χ0n) is 15.6. The van der Waals surface area contributed by atoms with E-state index in [-0.39, 0.29) is 5.69 Å². The molecular formula is C20H25F3N2O2. The van der Waals surface area contributed by atoms with E-state index in [0.717, 1.165) is 31.7 Å². The Morgan fingerprint density at radius 2 is 1.78 bits per heavy atom. The second kappa shape index (κ2) is 8.59. The van der Waals surface area contributed by atoms with Gasteiger partial charge in [0.15, 0.2) is 0 Å². The van der Waals surface area contributed by atoms with Crippen LogP contribution in [0.5, 0.6) is 0 Å². The van der Waals surface area contributed by atoms with Crippen LogP contribution in [-0.4, -0.2) is 18.4 Å². The van der Waals surface area contributed by atoms with Crippen molar-refractivity contribution in [2.45, 2.75) is 52.1 Å². The smallest absolute Gasteiger partial charge is 0.355 e. The minimum absolute atomic E-state index is 0.358. The van der Waals surface area contributed by atoms with E-state index in [9.17, 15) is 22.8 Å². The van der Waals surface area contributed by atoms with Gasteiger partial charge in [-0.15, -0.1) is 0 Å². The van der Waals surface area contributed by atoms with Crippen molar-refractivity contribution in [2.24, 2.45) is 5.41 Å². The average molecular weight is 382 g/mol. The van der Waals surface area contributed by atoms with Gasteiger partial charge in [-0.3, -0.25) is 9.59 Å². The van der Waals surface area contributed by atoms with E-state index in [4.69, 9.17) is 0 Å². The van der Waals surface area contributed by atoms with Crippen LogP contribution < -0.4 is 10.6 Å². The first-order chi connectivity index (χ1) is 12.6. The molecule has 0 heterocycles. The lowest BCUT2D eigenvalue weighted by Gasteiger charge is -2.24. The first kappa shape index (κ1) is 21.0. The van der Waals surface area contributed by atoms with Crippen LogP contribution in [0, 0.1) is 5.41 Å². The quantitative estimate of drug-likeness (QED) is 0.555. The van der Waals surface area contributed by atoms with E-state index in [1.807, 2.05) is 0 Å². The van der Waals surface area contributed by atoms with Crippen LogP contribution >= 0.6 is 0 Å². The standard InChI is InChI=1S/C20H25F3N2O2/c1-19(2,17(26)24-13-12-14-8-4-3-5-9-14)18(27)25-16-11-7-6-10-15(16)20(21,22)23/h6-8,10-11H,3-5,9,12-13H2,1-2H3,(H,24,26)(H,25,27). The number of benzene rings is 1. The number of carbonyl (C=O) groups is 2. The molecule has 7 heteroatoms. The van der Waals surface area contributed by atoms with E-state index in [1.165, 1.54) is 44.0 Å². The summed E-state index contributed by atoms with van der Waals surface area (Å²) in [5.74, 6) is -1.30. The fourth-order valence-corrected chi connectivity index (χ4v) is 2.91. The lowest BCUT2D eigenvalue weighted by molar-refractivity contribution is -0.138. The molecule has 2 rings (SSSR count). The highest BCUT2D eigenvalue weighted by atomic mass is 19.4. The number of allylic oxidation sites excluding steroid dienone is 1. The zero-order chi connectivity index (χ0) is 20.1. The number of alkyl halides is 3. The van der Waals surface area contributed by atoms with E-state index < -0.39 is 29.0 Å². The van der Waals surface area contributed by atoms with Gasteiger partial charge in [0.05, 0.1) is 11.3 Å². The van der Waals surface area contributed by atoms with E-state index in [2.05, 4.69) is 16.7 Å². The van der Waals surface area contributed by atoms with Crippen molar-refractivity contribution in [3.8, 4) is 0 Å². The third-order valence-corrected chi connectivity index (χ3v) is 4.73. The van der Waals surface area contributed by atoms with Crippen LogP contribution in [0.2, 0.25) is 0 Å². The van der Waals surface area contributed by atoms with Crippen LogP contribution in [0.25, 0.3) is 0 Å². The van der Waals surface area contributed by atoms with E-state index >= 15 is 0 Å². The van der Waals surface area contributed by atoms with Gasteiger partial charge in [-0.05, 0) is 58.1 Å². The molecule has 0 bridgehead atoms. The molecule has 0 radical (unpaired) electrons. The van der Waals surface area contributed by atoms with Gasteiger partial charge in [-0.1, -0.05) is 23.8 Å². The van der Waals surface area contributed by atoms with Crippen molar-refractivity contribution < 1.29 is 22.8 Å². The van der Waals surface area contributed by atoms with Gasteiger partial charge in [0, 0.05) is 6.54 Å². The first-order valence-corrected chi connectivity index (χ1v) is 9.06. The summed E-state index contributed by atoms with van der Waals surface area (Å²) in [6.07, 6.45) is 2.71. The normalized spacial score (nSPS) is 15.1. The maximum absolute atomic E-state index is 13.1. The Kier molecular flexibility index (Phi) is 6.68. The second-order valence-corrected chi connectivity index (χ2v) is 7.24. The summed E-state index contributed by atoms with van der Waals surface area (Å²) in [5.41, 5.74) is -1.51. The number of rotatable bonds is 6. The minimum Gasteiger partial charge on any atom is -0.355 e. The molecule has 148 valence electrons. The number of nitrogens with one attached hydrogen (secondary N) is 2. The lowest BCUT2D eigenvalue weighted by Crippen LogP contribution is -2.45. The first-order valence-electron chi connectivity index (χ1n) is 9.06. The van der Waals surface area contributed by atoms with Crippen molar-refractivity contribution in [2.75, 3.05) is 11.9 Å². The average Bonchev–Trinajstić information content (AvgIpc) is 2.62. The topological polar surface area (TPSA) is 58.2 Å². The van der Waals surface area contributed by atoms with E-state index in [1.54, 1.807) is 0 Å². The van der Waals surface area contributed by atoms with Gasteiger partial charge in [0.25, 0.3) is 0 Å². The molecule has 1 aromatic rings. The summed E-state index contributed by atoms with van der Waals surface area (Å²) in [4.78, 5) is 24.9. The fourth-order valence-electron chi connectivity index (χ4n) is 2.91. The maximum Gasteiger partial charge on any atom is 0.418 e. The highest BCUT2D eigenvalue weighted by molar-refractivity contribution is 6.10. The van der Waals surface area contributed by atoms with Crippen molar-refractivity contribution >= 4 is 17.5 Å². The summed E-state index contributed by atoms with van der Waals surface area (Å²) in [6.45, 7) is 3.20. The lowest BCUT2D eigenvalue weighted by atomic mass is 9.90. The van der Waals surface area contributed by atoms with Gasteiger partial charge < -0.3 is 10.6 Å². The van der Waals surface area contributed by atoms with Gasteiger partial charge in [-0.25, -0.2) is 0 Å². The summed E-state index contributed by atoms with van der Waals surface area (Å²) < 4.78 is 39.2. The van der Waals surface area contributed by atoms with Crippen LogP contribution in [0.4, 0.5) is 18.9 Å². The number of para-hydroxylation sites is 1. The van der Waals surface area contributed by atoms with Gasteiger partial charge in [0.1, 0.15) is 5.41 Å². The molecule has 0 unspecified atom stereocenters. The summed E-state index contributed by atoms with van der Waals surface area (Å²) in [7, 11) is 0. The van der Waals surface area contributed by atoms with Crippen LogP contribution in [0.15, 0.2) is 35.9 Å². The van der Waals surface area contributed by atoms with Gasteiger partial charge in [0.2, 0.25) is 11.8 Å². The van der Waals surface area contributed by atoms with Crippen molar-refractivity contribution in [1.82, 2.24) is 5.32 Å². The Morgan fingerprint density at radius 1 is 1.07 bits per heavy atom. The fraction of sp³-hybridized carbons (Fsp3) is 0.500. The van der Waals surface area contributed by atoms with Crippen LogP contribution in [0.3, 0.4) is 0 Å². The predicted octanol–water partition coefficient (Wildman–Crippen LogP) is 4.68. The number of hydrogen-bond acceptors (Lipinski definition) is 2. The monoisotopic (exact) mass is 382 g/mol. The Morgan fingerprint density at radius 3 is 2.41 bits per heavy atom. The molecule has 0 atom stereocenters. The molecule has 4 nitrogen and oxygen atoms in total. The van der Waals surface area contributed by atoms with Crippen molar-refractivity contribution in [1.29, 1.82) is 0 Å². The highest BCUT2D eigenvalue weighted by Crippen LogP contribution is 2.35. The summed E-state index contributed by atoms with van der Waals surface area (Å²) in [5, 5.41) is 4.97.